The molecule has 50 valence electrons. The third-order valence-corrected chi connectivity index (χ3v) is 1.15. The largest absolute Gasteiger partial charge is 0.223 e. The van der Waals surface area contributed by atoms with Gasteiger partial charge >= 0.3 is 0 Å². The number of nitrogens with zero attached hydrogens (tertiary/aromatic N) is 1. The van der Waals surface area contributed by atoms with Crippen LogP contribution in [0.5, 0.6) is 0 Å². The van der Waals surface area contributed by atoms with Crippen molar-refractivity contribution in [2.24, 2.45) is 0 Å². The van der Waals surface area contributed by atoms with Gasteiger partial charge in [-0.05, 0) is 12.1 Å². The molecule has 0 saturated heterocycles. The fourth-order valence-electron chi connectivity index (χ4n) is 0.663. The van der Waals surface area contributed by atoms with Gasteiger partial charge in [0.2, 0.25) is 0 Å². The minimum absolute atomic E-state index is 0.213. The van der Waals surface area contributed by atoms with Crippen molar-refractivity contribution in [1.82, 2.24) is 0 Å². The monoisotopic (exact) mass is 136 g/mol. The van der Waals surface area contributed by atoms with Crippen molar-refractivity contribution in [3.8, 4) is 6.07 Å². The molecule has 1 aromatic rings. The second-order valence-electron chi connectivity index (χ2n) is 1.75. The van der Waals surface area contributed by atoms with E-state index in [9.17, 15) is 4.48 Å². The molecule has 0 aromatic heterocycles. The van der Waals surface area contributed by atoms with E-state index in [-0.39, 0.29) is 5.69 Å². The van der Waals surface area contributed by atoms with E-state index in [1.54, 1.807) is 18.2 Å². The van der Waals surface area contributed by atoms with Gasteiger partial charge in [0.05, 0.1) is 11.3 Å². The number of rotatable bonds is 1. The molecule has 0 unspecified atom stereocenters. The summed E-state index contributed by atoms with van der Waals surface area (Å²) in [5.74, 6) is 0. The number of hydrogen-bond donors (Lipinski definition) is 1. The summed E-state index contributed by atoms with van der Waals surface area (Å²) in [5, 5.41) is 8.39. The molecule has 2 nitrogen and oxygen atoms in total. The van der Waals surface area contributed by atoms with Crippen molar-refractivity contribution in [3.63, 3.8) is 0 Å². The normalized spacial score (nSPS) is 8.40. The van der Waals surface area contributed by atoms with Gasteiger partial charge in [-0.15, -0.1) is 4.48 Å². The summed E-state index contributed by atoms with van der Waals surface area (Å²) in [6.07, 6.45) is 0. The summed E-state index contributed by atoms with van der Waals surface area (Å²) < 4.78 is 11.8. The van der Waals surface area contributed by atoms with Crippen molar-refractivity contribution >= 4 is 5.69 Å². The van der Waals surface area contributed by atoms with Crippen molar-refractivity contribution in [2.45, 2.75) is 0 Å². The van der Waals surface area contributed by atoms with Gasteiger partial charge in [-0.25, -0.2) is 5.54 Å². The highest BCUT2D eigenvalue weighted by atomic mass is 19.2. The molecule has 1 aromatic carbocycles. The summed E-state index contributed by atoms with van der Waals surface area (Å²) >= 11 is 0. The average molecular weight is 136 g/mol. The topological polar surface area (TPSA) is 35.8 Å². The minimum atomic E-state index is 0.213. The van der Waals surface area contributed by atoms with E-state index in [1.165, 1.54) is 11.6 Å². The van der Waals surface area contributed by atoms with Crippen LogP contribution in [0.25, 0.3) is 0 Å². The quantitative estimate of drug-likeness (QED) is 0.598. The van der Waals surface area contributed by atoms with E-state index in [4.69, 9.17) is 5.26 Å². The summed E-state index contributed by atoms with van der Waals surface area (Å²) in [5.41, 5.74) is 1.95. The van der Waals surface area contributed by atoms with Gasteiger partial charge in [0, 0.05) is 0 Å². The maximum Gasteiger partial charge on any atom is 0.101 e. The number of benzene rings is 1. The Hall–Kier alpha value is -1.56. The van der Waals surface area contributed by atoms with E-state index in [1.807, 2.05) is 6.07 Å². The molecule has 0 aliphatic rings. The fraction of sp³-hybridized carbons (Fsp3) is 0. The molecule has 1 N–H and O–H groups in total. The zero-order valence-corrected chi connectivity index (χ0v) is 5.13. The number of halogens is 1. The van der Waals surface area contributed by atoms with Crippen LogP contribution in [0.2, 0.25) is 0 Å². The van der Waals surface area contributed by atoms with Crippen LogP contribution in [0.1, 0.15) is 5.56 Å². The smallest absolute Gasteiger partial charge is 0.101 e. The van der Waals surface area contributed by atoms with Crippen LogP contribution in [0.3, 0.4) is 0 Å². The number of nitrogens with one attached hydrogen (secondary N) is 1. The summed E-state index contributed by atoms with van der Waals surface area (Å²) in [6.45, 7) is 0. The van der Waals surface area contributed by atoms with Gasteiger partial charge in [0.1, 0.15) is 6.07 Å². The molecule has 0 saturated carbocycles. The third kappa shape index (κ3) is 1.06. The number of hydrogen-bond acceptors (Lipinski definition) is 2. The molecule has 3 heteroatoms. The molecule has 1 rings (SSSR count). The van der Waals surface area contributed by atoms with E-state index < -0.39 is 0 Å². The van der Waals surface area contributed by atoms with Crippen molar-refractivity contribution in [3.05, 3.63) is 29.8 Å². The van der Waals surface area contributed by atoms with E-state index in [0.717, 1.165) is 0 Å². The van der Waals surface area contributed by atoms with E-state index in [2.05, 4.69) is 0 Å². The molecule has 0 aliphatic heterocycles. The number of nitriles is 1. The summed E-state index contributed by atoms with van der Waals surface area (Å²) in [6, 6.07) is 8.22. The molecule has 10 heavy (non-hydrogen) atoms. The van der Waals surface area contributed by atoms with Crippen LogP contribution in [-0.4, -0.2) is 0 Å². The van der Waals surface area contributed by atoms with Crippen LogP contribution in [0.4, 0.5) is 10.2 Å². The first-order chi connectivity index (χ1) is 4.88. The molecular formula is C7H5FN2. The predicted molar refractivity (Wildman–Crippen MR) is 35.9 cm³/mol. The molecule has 0 amide bonds. The average Bonchev–Trinajstić information content (AvgIpc) is 2.04. The zero-order valence-electron chi connectivity index (χ0n) is 5.13. The Balaban J connectivity index is 3.12. The second-order valence-corrected chi connectivity index (χ2v) is 1.75. The first-order valence-electron chi connectivity index (χ1n) is 2.74. The summed E-state index contributed by atoms with van der Waals surface area (Å²) in [4.78, 5) is 0. The Kier molecular flexibility index (Phi) is 1.86. The van der Waals surface area contributed by atoms with Crippen LogP contribution in [-0.2, 0) is 0 Å². The number of para-hydroxylation sites is 1. The molecule has 0 fully saturated rings. The standard InChI is InChI=1S/C7H5FN2/c8-10-7-4-2-1-3-6(7)5-9/h1-4,10H. The van der Waals surface area contributed by atoms with Gasteiger partial charge in [-0.3, -0.25) is 0 Å². The van der Waals surface area contributed by atoms with E-state index >= 15 is 0 Å². The molecule has 0 heterocycles. The predicted octanol–water partition coefficient (Wildman–Crippen LogP) is 1.85. The van der Waals surface area contributed by atoms with Crippen molar-refractivity contribution in [1.29, 1.82) is 5.26 Å². The lowest BCUT2D eigenvalue weighted by Crippen LogP contribution is -1.85. The van der Waals surface area contributed by atoms with Gasteiger partial charge in [-0.2, -0.15) is 5.26 Å². The SMILES string of the molecule is N#Cc1ccccc1NF. The van der Waals surface area contributed by atoms with Crippen LogP contribution < -0.4 is 5.54 Å². The molecular weight excluding hydrogens is 131 g/mol. The molecule has 0 atom stereocenters. The fourth-order valence-corrected chi connectivity index (χ4v) is 0.663. The first-order valence-corrected chi connectivity index (χ1v) is 2.74. The molecule has 0 spiro atoms. The third-order valence-electron chi connectivity index (χ3n) is 1.15. The van der Waals surface area contributed by atoms with Gasteiger partial charge in [0.15, 0.2) is 0 Å². The number of anilines is 1. The minimum Gasteiger partial charge on any atom is -0.223 e. The Morgan fingerprint density at radius 3 is 2.60 bits per heavy atom. The molecule has 0 bridgehead atoms. The molecule has 0 radical (unpaired) electrons. The van der Waals surface area contributed by atoms with Crippen LogP contribution in [0.15, 0.2) is 24.3 Å². The zero-order chi connectivity index (χ0) is 7.40. The van der Waals surface area contributed by atoms with Gasteiger partial charge < -0.3 is 0 Å². The van der Waals surface area contributed by atoms with Crippen molar-refractivity contribution in [2.75, 3.05) is 5.54 Å². The Morgan fingerprint density at radius 2 is 2.10 bits per heavy atom. The lowest BCUT2D eigenvalue weighted by molar-refractivity contribution is 0.617. The lowest BCUT2D eigenvalue weighted by Gasteiger charge is -1.95. The highest BCUT2D eigenvalue weighted by Crippen LogP contribution is 2.12. The lowest BCUT2D eigenvalue weighted by atomic mass is 10.2. The van der Waals surface area contributed by atoms with Gasteiger partial charge in [0.25, 0.3) is 0 Å². The van der Waals surface area contributed by atoms with Crippen LogP contribution in [0, 0.1) is 11.3 Å². The first kappa shape index (κ1) is 6.56. The Morgan fingerprint density at radius 1 is 1.40 bits per heavy atom. The highest BCUT2D eigenvalue weighted by molar-refractivity contribution is 5.55. The highest BCUT2D eigenvalue weighted by Gasteiger charge is 1.96. The van der Waals surface area contributed by atoms with E-state index in [0.29, 0.717) is 5.56 Å². The van der Waals surface area contributed by atoms with Crippen molar-refractivity contribution < 1.29 is 4.48 Å². The molecule has 0 aliphatic carbocycles. The Labute approximate surface area is 57.8 Å². The second kappa shape index (κ2) is 2.83. The summed E-state index contributed by atoms with van der Waals surface area (Å²) in [7, 11) is 0. The Bertz CT molecular complexity index is 265. The maximum absolute atomic E-state index is 11.8. The maximum atomic E-state index is 11.8. The van der Waals surface area contributed by atoms with Gasteiger partial charge in [-0.1, -0.05) is 12.1 Å². The van der Waals surface area contributed by atoms with Crippen LogP contribution >= 0.6 is 0 Å².